The molecule has 3 rings (SSSR count). The van der Waals surface area contributed by atoms with Crippen LogP contribution in [-0.4, -0.2) is 18.4 Å². The second kappa shape index (κ2) is 7.88. The number of benzene rings is 2. The molecule has 0 radical (unpaired) electrons. The molecule has 2 N–H and O–H groups in total. The third-order valence-corrected chi connectivity index (χ3v) is 3.66. The largest absolute Gasteiger partial charge is 0.481 e. The maximum atomic E-state index is 13.4. The Kier molecular flexibility index (Phi) is 5.37. The van der Waals surface area contributed by atoms with Crippen molar-refractivity contribution in [2.24, 2.45) is 0 Å². The van der Waals surface area contributed by atoms with Gasteiger partial charge in [0.15, 0.2) is 29.4 Å². The number of rotatable bonds is 4. The van der Waals surface area contributed by atoms with Crippen molar-refractivity contribution in [1.82, 2.24) is 10.9 Å². The first-order chi connectivity index (χ1) is 12.9. The third-order valence-electron chi connectivity index (χ3n) is 3.42. The predicted octanol–water partition coefficient (Wildman–Crippen LogP) is 2.43. The first kappa shape index (κ1) is 18.4. The molecule has 1 aromatic heterocycles. The van der Waals surface area contributed by atoms with Crippen molar-refractivity contribution >= 4 is 34.4 Å². The highest BCUT2D eigenvalue weighted by molar-refractivity contribution is 6.31. The van der Waals surface area contributed by atoms with E-state index in [4.69, 9.17) is 20.8 Å². The van der Waals surface area contributed by atoms with E-state index in [0.717, 1.165) is 6.07 Å². The van der Waals surface area contributed by atoms with E-state index in [-0.39, 0.29) is 22.5 Å². The Morgan fingerprint density at radius 1 is 1.11 bits per heavy atom. The summed E-state index contributed by atoms with van der Waals surface area (Å²) >= 11 is 5.82. The van der Waals surface area contributed by atoms with Crippen molar-refractivity contribution in [3.63, 3.8) is 0 Å². The number of hydrogen-bond donors (Lipinski definition) is 2. The van der Waals surface area contributed by atoms with Gasteiger partial charge >= 0.3 is 5.91 Å². The van der Waals surface area contributed by atoms with E-state index in [1.165, 1.54) is 36.4 Å². The lowest BCUT2D eigenvalue weighted by molar-refractivity contribution is -0.123. The van der Waals surface area contributed by atoms with Crippen LogP contribution in [0, 0.1) is 5.82 Å². The number of carbonyl (C=O) groups excluding carboxylic acids is 2. The minimum atomic E-state index is -0.844. The van der Waals surface area contributed by atoms with E-state index in [1.807, 2.05) is 0 Å². The molecule has 0 aliphatic rings. The maximum absolute atomic E-state index is 13.4. The molecule has 0 saturated heterocycles. The molecule has 7 nitrogen and oxygen atoms in total. The molecule has 1 heterocycles. The second-order valence-electron chi connectivity index (χ2n) is 5.34. The number of ether oxygens (including phenoxy) is 1. The van der Waals surface area contributed by atoms with Gasteiger partial charge in [-0.3, -0.25) is 25.2 Å². The molecule has 27 heavy (non-hydrogen) atoms. The molecule has 0 unspecified atom stereocenters. The molecule has 0 fully saturated rings. The fourth-order valence-corrected chi connectivity index (χ4v) is 2.34. The zero-order valence-corrected chi connectivity index (χ0v) is 14.4. The van der Waals surface area contributed by atoms with Gasteiger partial charge in [0.25, 0.3) is 5.91 Å². The standard InChI is InChI=1S/C18H12ClFN2O5/c19-10-5-6-14-11(7-10)13(23)8-16(27-14)18(25)22-21-17(24)9-26-15-4-2-1-3-12(15)20/h1-8H,9H2,(H,21,24)(H,22,25). The summed E-state index contributed by atoms with van der Waals surface area (Å²) in [6.07, 6.45) is 0. The summed E-state index contributed by atoms with van der Waals surface area (Å²) in [6.45, 7) is -0.526. The third kappa shape index (κ3) is 4.42. The van der Waals surface area contributed by atoms with Crippen molar-refractivity contribution in [2.75, 3.05) is 6.61 Å². The summed E-state index contributed by atoms with van der Waals surface area (Å²) in [5.41, 5.74) is 3.87. The summed E-state index contributed by atoms with van der Waals surface area (Å²) in [6, 6.07) is 10.9. The van der Waals surface area contributed by atoms with Gasteiger partial charge in [0.05, 0.1) is 5.39 Å². The average Bonchev–Trinajstić information content (AvgIpc) is 2.65. The summed E-state index contributed by atoms with van der Waals surface area (Å²) in [5, 5.41) is 0.579. The number of halogens is 2. The van der Waals surface area contributed by atoms with Crippen LogP contribution < -0.4 is 21.0 Å². The van der Waals surface area contributed by atoms with Gasteiger partial charge in [-0.05, 0) is 30.3 Å². The molecular formula is C18H12ClFN2O5. The normalized spacial score (nSPS) is 10.4. The topological polar surface area (TPSA) is 97.6 Å². The molecule has 0 bridgehead atoms. The van der Waals surface area contributed by atoms with Gasteiger partial charge < -0.3 is 9.15 Å². The number of nitrogens with one attached hydrogen (secondary N) is 2. The highest BCUT2D eigenvalue weighted by atomic mass is 35.5. The van der Waals surface area contributed by atoms with E-state index in [1.54, 1.807) is 6.07 Å². The van der Waals surface area contributed by atoms with Crippen LogP contribution >= 0.6 is 11.6 Å². The molecule has 2 aromatic carbocycles. The first-order valence-corrected chi connectivity index (χ1v) is 8.02. The van der Waals surface area contributed by atoms with Gasteiger partial charge in [0.2, 0.25) is 0 Å². The number of amides is 2. The summed E-state index contributed by atoms with van der Waals surface area (Å²) in [4.78, 5) is 35.8. The Morgan fingerprint density at radius 3 is 2.67 bits per heavy atom. The van der Waals surface area contributed by atoms with Crippen LogP contribution in [0.3, 0.4) is 0 Å². The lowest BCUT2D eigenvalue weighted by Gasteiger charge is -2.09. The van der Waals surface area contributed by atoms with Crippen molar-refractivity contribution in [3.8, 4) is 5.75 Å². The van der Waals surface area contributed by atoms with E-state index in [0.29, 0.717) is 5.02 Å². The van der Waals surface area contributed by atoms with Gasteiger partial charge in [-0.1, -0.05) is 23.7 Å². The van der Waals surface area contributed by atoms with Crippen LogP contribution in [0.4, 0.5) is 4.39 Å². The Morgan fingerprint density at radius 2 is 1.89 bits per heavy atom. The van der Waals surface area contributed by atoms with Crippen LogP contribution in [0.5, 0.6) is 5.75 Å². The smallest absolute Gasteiger partial charge is 0.305 e. The number of hydrogen-bond acceptors (Lipinski definition) is 5. The molecule has 0 aliphatic heterocycles. The highest BCUT2D eigenvalue weighted by Crippen LogP contribution is 2.17. The van der Waals surface area contributed by atoms with Crippen LogP contribution in [0.1, 0.15) is 10.6 Å². The Bertz CT molecular complexity index is 1080. The molecule has 3 aromatic rings. The molecule has 0 atom stereocenters. The number of hydrazine groups is 1. The molecule has 0 saturated carbocycles. The van der Waals surface area contributed by atoms with Crippen LogP contribution in [0.15, 0.2) is 57.7 Å². The van der Waals surface area contributed by atoms with Gasteiger partial charge in [0, 0.05) is 11.1 Å². The Hall–Kier alpha value is -3.39. The SMILES string of the molecule is O=C(COc1ccccc1F)NNC(=O)c1cc(=O)c2cc(Cl)ccc2o1. The number of carbonyl (C=O) groups is 2. The summed E-state index contributed by atoms with van der Waals surface area (Å²) in [7, 11) is 0. The van der Waals surface area contributed by atoms with Crippen molar-refractivity contribution in [1.29, 1.82) is 0 Å². The average molecular weight is 391 g/mol. The Balaban J connectivity index is 1.61. The van der Waals surface area contributed by atoms with Gasteiger partial charge in [-0.2, -0.15) is 0 Å². The summed E-state index contributed by atoms with van der Waals surface area (Å²) in [5.74, 6) is -2.60. The second-order valence-corrected chi connectivity index (χ2v) is 5.77. The number of para-hydroxylation sites is 1. The lowest BCUT2D eigenvalue weighted by atomic mass is 10.2. The minimum absolute atomic E-state index is 0.0989. The van der Waals surface area contributed by atoms with E-state index < -0.39 is 29.7 Å². The molecule has 2 amide bonds. The van der Waals surface area contributed by atoms with E-state index in [9.17, 15) is 18.8 Å². The van der Waals surface area contributed by atoms with E-state index >= 15 is 0 Å². The van der Waals surface area contributed by atoms with E-state index in [2.05, 4.69) is 10.9 Å². The maximum Gasteiger partial charge on any atom is 0.305 e. The predicted molar refractivity (Wildman–Crippen MR) is 95.0 cm³/mol. The zero-order chi connectivity index (χ0) is 19.4. The monoisotopic (exact) mass is 390 g/mol. The molecule has 0 aliphatic carbocycles. The van der Waals surface area contributed by atoms with Crippen LogP contribution in [0.25, 0.3) is 11.0 Å². The van der Waals surface area contributed by atoms with Gasteiger partial charge in [0.1, 0.15) is 5.58 Å². The number of fused-ring (bicyclic) bond motifs is 1. The highest BCUT2D eigenvalue weighted by Gasteiger charge is 2.14. The fourth-order valence-electron chi connectivity index (χ4n) is 2.17. The van der Waals surface area contributed by atoms with Gasteiger partial charge in [-0.15, -0.1) is 0 Å². The van der Waals surface area contributed by atoms with Gasteiger partial charge in [-0.25, -0.2) is 4.39 Å². The lowest BCUT2D eigenvalue weighted by Crippen LogP contribution is -2.44. The van der Waals surface area contributed by atoms with Crippen molar-refractivity contribution in [3.05, 3.63) is 75.4 Å². The quantitative estimate of drug-likeness (QED) is 0.667. The van der Waals surface area contributed by atoms with Crippen molar-refractivity contribution in [2.45, 2.75) is 0 Å². The zero-order valence-electron chi connectivity index (χ0n) is 13.6. The molecule has 138 valence electrons. The first-order valence-electron chi connectivity index (χ1n) is 7.64. The fraction of sp³-hybridized carbons (Fsp3) is 0.0556. The Labute approximate surface area is 156 Å². The van der Waals surface area contributed by atoms with Crippen LogP contribution in [0.2, 0.25) is 5.02 Å². The minimum Gasteiger partial charge on any atom is -0.481 e. The van der Waals surface area contributed by atoms with Crippen LogP contribution in [-0.2, 0) is 4.79 Å². The van der Waals surface area contributed by atoms with Crippen molar-refractivity contribution < 1.29 is 23.1 Å². The molecular weight excluding hydrogens is 379 g/mol. The molecule has 9 heteroatoms. The summed E-state index contributed by atoms with van der Waals surface area (Å²) < 4.78 is 23.7. The molecule has 0 spiro atoms.